The normalized spacial score (nSPS) is 10.6. The quantitative estimate of drug-likeness (QED) is 0.911. The molecule has 1 heterocycles. The summed E-state index contributed by atoms with van der Waals surface area (Å²) in [5.41, 5.74) is 5.71. The largest absolute Gasteiger partial charge is 0.439 e. The van der Waals surface area contributed by atoms with E-state index in [4.69, 9.17) is 38.4 Å². The average Bonchev–Trinajstić information content (AvgIpc) is 2.34. The molecule has 0 saturated heterocycles. The van der Waals surface area contributed by atoms with E-state index in [0.29, 0.717) is 39.9 Å². The number of nitrogens with two attached hydrogens (primary N) is 1. The predicted molar refractivity (Wildman–Crippen MR) is 78.3 cm³/mol. The minimum Gasteiger partial charge on any atom is -0.439 e. The summed E-state index contributed by atoms with van der Waals surface area (Å²) < 4.78 is 10.8. The summed E-state index contributed by atoms with van der Waals surface area (Å²) in [4.78, 5) is 8.26. The lowest BCUT2D eigenvalue weighted by Crippen LogP contribution is -2.03. The fraction of sp³-hybridized carbons (Fsp3) is 0.231. The van der Waals surface area contributed by atoms with Crippen molar-refractivity contribution in [3.8, 4) is 11.6 Å². The molecule has 2 rings (SSSR count). The van der Waals surface area contributed by atoms with Crippen LogP contribution < -0.4 is 10.5 Å². The minimum absolute atomic E-state index is 0.272. The van der Waals surface area contributed by atoms with Gasteiger partial charge in [0, 0.05) is 22.7 Å². The summed E-state index contributed by atoms with van der Waals surface area (Å²) in [5, 5.41) is 0.952. The molecule has 0 spiro atoms. The predicted octanol–water partition coefficient (Wildman–Crippen LogP) is 3.69. The van der Waals surface area contributed by atoms with E-state index < -0.39 is 0 Å². The van der Waals surface area contributed by atoms with E-state index in [1.807, 2.05) is 6.92 Å². The Balaban J connectivity index is 2.21. The Bertz CT molecular complexity index is 588. The van der Waals surface area contributed by atoms with Crippen LogP contribution in [-0.4, -0.2) is 16.6 Å². The lowest BCUT2D eigenvalue weighted by molar-refractivity contribution is 0.128. The van der Waals surface area contributed by atoms with E-state index in [-0.39, 0.29) is 6.61 Å². The highest BCUT2D eigenvalue weighted by Crippen LogP contribution is 2.28. The lowest BCUT2D eigenvalue weighted by atomic mass is 10.3. The van der Waals surface area contributed by atoms with Crippen LogP contribution >= 0.6 is 23.2 Å². The smallest absolute Gasteiger partial charge is 0.224 e. The van der Waals surface area contributed by atoms with Crippen LogP contribution in [0.1, 0.15) is 12.7 Å². The number of hydrogen-bond donors (Lipinski definition) is 1. The van der Waals surface area contributed by atoms with Crippen LogP contribution in [-0.2, 0) is 11.3 Å². The number of halogens is 2. The average molecular weight is 314 g/mol. The van der Waals surface area contributed by atoms with Gasteiger partial charge in [-0.05, 0) is 25.1 Å². The maximum atomic E-state index is 5.91. The molecular weight excluding hydrogens is 301 g/mol. The van der Waals surface area contributed by atoms with Crippen LogP contribution in [0.5, 0.6) is 11.6 Å². The molecule has 0 aliphatic heterocycles. The highest BCUT2D eigenvalue weighted by Gasteiger charge is 2.06. The van der Waals surface area contributed by atoms with Gasteiger partial charge in [0.2, 0.25) is 5.88 Å². The van der Waals surface area contributed by atoms with Crippen molar-refractivity contribution in [2.75, 3.05) is 12.3 Å². The number of ether oxygens (including phenoxy) is 2. The summed E-state index contributed by atoms with van der Waals surface area (Å²) in [6, 6.07) is 6.40. The highest BCUT2D eigenvalue weighted by atomic mass is 35.5. The number of hydrogen-bond acceptors (Lipinski definition) is 5. The molecule has 0 bridgehead atoms. The Labute approximate surface area is 126 Å². The summed E-state index contributed by atoms with van der Waals surface area (Å²) in [6.45, 7) is 2.73. The monoisotopic (exact) mass is 313 g/mol. The molecular formula is C13H13Cl2N3O2. The van der Waals surface area contributed by atoms with Gasteiger partial charge in [0.15, 0.2) is 5.82 Å². The zero-order valence-electron chi connectivity index (χ0n) is 10.8. The number of nitrogens with zero attached hydrogens (tertiary/aromatic N) is 2. The third kappa shape index (κ3) is 4.23. The van der Waals surface area contributed by atoms with Crippen LogP contribution in [0.2, 0.25) is 10.0 Å². The van der Waals surface area contributed by atoms with E-state index in [2.05, 4.69) is 9.97 Å². The van der Waals surface area contributed by atoms with Crippen LogP contribution in [0.3, 0.4) is 0 Å². The van der Waals surface area contributed by atoms with E-state index in [1.54, 1.807) is 18.2 Å². The van der Waals surface area contributed by atoms with Crippen molar-refractivity contribution in [2.45, 2.75) is 13.5 Å². The molecule has 0 atom stereocenters. The number of anilines is 1. The second kappa shape index (κ2) is 6.74. The topological polar surface area (TPSA) is 70.3 Å². The van der Waals surface area contributed by atoms with Gasteiger partial charge in [0.1, 0.15) is 18.2 Å². The Kier molecular flexibility index (Phi) is 5.00. The van der Waals surface area contributed by atoms with E-state index in [0.717, 1.165) is 0 Å². The first-order chi connectivity index (χ1) is 9.56. The molecule has 7 heteroatoms. The number of rotatable bonds is 5. The van der Waals surface area contributed by atoms with Gasteiger partial charge in [-0.25, -0.2) is 4.98 Å². The molecule has 0 unspecified atom stereocenters. The molecule has 5 nitrogen and oxygen atoms in total. The van der Waals surface area contributed by atoms with Crippen molar-refractivity contribution in [1.82, 2.24) is 9.97 Å². The van der Waals surface area contributed by atoms with Crippen LogP contribution in [0.15, 0.2) is 24.3 Å². The molecule has 0 amide bonds. The zero-order chi connectivity index (χ0) is 14.5. The molecule has 106 valence electrons. The number of benzene rings is 1. The number of nitrogen functional groups attached to an aromatic ring is 1. The van der Waals surface area contributed by atoms with Crippen molar-refractivity contribution in [3.05, 3.63) is 40.1 Å². The summed E-state index contributed by atoms with van der Waals surface area (Å²) in [5.74, 6) is 1.54. The van der Waals surface area contributed by atoms with Gasteiger partial charge in [0.05, 0.1) is 0 Å². The molecule has 0 aliphatic rings. The molecule has 0 fully saturated rings. The van der Waals surface area contributed by atoms with E-state index >= 15 is 0 Å². The lowest BCUT2D eigenvalue weighted by Gasteiger charge is -2.08. The van der Waals surface area contributed by atoms with E-state index in [1.165, 1.54) is 6.07 Å². The molecule has 1 aromatic heterocycles. The molecule has 0 radical (unpaired) electrons. The highest BCUT2D eigenvalue weighted by molar-refractivity contribution is 6.34. The Morgan fingerprint density at radius 3 is 2.45 bits per heavy atom. The van der Waals surface area contributed by atoms with Gasteiger partial charge in [0.25, 0.3) is 0 Å². The molecule has 1 aromatic carbocycles. The van der Waals surface area contributed by atoms with Gasteiger partial charge in [-0.1, -0.05) is 23.2 Å². The van der Waals surface area contributed by atoms with Crippen molar-refractivity contribution >= 4 is 29.0 Å². The van der Waals surface area contributed by atoms with Crippen molar-refractivity contribution in [2.24, 2.45) is 0 Å². The number of aromatic nitrogens is 2. The molecule has 2 N–H and O–H groups in total. The summed E-state index contributed by atoms with van der Waals surface area (Å²) in [7, 11) is 0. The maximum absolute atomic E-state index is 5.91. The first-order valence-electron chi connectivity index (χ1n) is 5.92. The Morgan fingerprint density at radius 1 is 1.10 bits per heavy atom. The molecule has 2 aromatic rings. The second-order valence-corrected chi connectivity index (χ2v) is 4.76. The first kappa shape index (κ1) is 14.8. The fourth-order valence-electron chi connectivity index (χ4n) is 1.51. The van der Waals surface area contributed by atoms with Gasteiger partial charge < -0.3 is 15.2 Å². The fourth-order valence-corrected chi connectivity index (χ4v) is 2.02. The third-order valence-corrected chi connectivity index (χ3v) is 2.70. The van der Waals surface area contributed by atoms with Crippen LogP contribution in [0.4, 0.5) is 5.82 Å². The van der Waals surface area contributed by atoms with Crippen LogP contribution in [0, 0.1) is 0 Å². The van der Waals surface area contributed by atoms with Crippen molar-refractivity contribution < 1.29 is 9.47 Å². The summed E-state index contributed by atoms with van der Waals surface area (Å²) >= 11 is 11.8. The maximum Gasteiger partial charge on any atom is 0.224 e. The third-order valence-electron chi connectivity index (χ3n) is 2.26. The molecule has 0 saturated carbocycles. The standard InChI is InChI=1S/C13H13Cl2N3O2/c1-2-19-7-12-17-11(16)6-13(18-12)20-10-4-8(14)3-9(15)5-10/h3-6H,2,7H2,1H3,(H2,16,17,18). The van der Waals surface area contributed by atoms with Crippen LogP contribution in [0.25, 0.3) is 0 Å². The minimum atomic E-state index is 0.272. The van der Waals surface area contributed by atoms with Crippen molar-refractivity contribution in [3.63, 3.8) is 0 Å². The Morgan fingerprint density at radius 2 is 1.80 bits per heavy atom. The molecule has 20 heavy (non-hydrogen) atoms. The first-order valence-corrected chi connectivity index (χ1v) is 6.67. The van der Waals surface area contributed by atoms with Gasteiger partial charge >= 0.3 is 0 Å². The summed E-state index contributed by atoms with van der Waals surface area (Å²) in [6.07, 6.45) is 0. The zero-order valence-corrected chi connectivity index (χ0v) is 12.3. The van der Waals surface area contributed by atoms with Gasteiger partial charge in [-0.2, -0.15) is 4.98 Å². The van der Waals surface area contributed by atoms with Gasteiger partial charge in [-0.3, -0.25) is 0 Å². The van der Waals surface area contributed by atoms with E-state index in [9.17, 15) is 0 Å². The SMILES string of the molecule is CCOCc1nc(N)cc(Oc2cc(Cl)cc(Cl)c2)n1. The van der Waals surface area contributed by atoms with Gasteiger partial charge in [-0.15, -0.1) is 0 Å². The Hall–Kier alpha value is -1.56. The molecule has 0 aliphatic carbocycles. The second-order valence-electron chi connectivity index (χ2n) is 3.89. The van der Waals surface area contributed by atoms with Crippen molar-refractivity contribution in [1.29, 1.82) is 0 Å².